The van der Waals surface area contributed by atoms with Gasteiger partial charge in [0.25, 0.3) is 0 Å². The van der Waals surface area contributed by atoms with E-state index in [1.54, 1.807) is 12.1 Å². The van der Waals surface area contributed by atoms with Gasteiger partial charge in [-0.25, -0.2) is 0 Å². The van der Waals surface area contributed by atoms with E-state index in [9.17, 15) is 5.11 Å². The van der Waals surface area contributed by atoms with Gasteiger partial charge in [-0.2, -0.15) is 0 Å². The molecule has 0 amide bonds. The molecule has 0 heterocycles. The predicted molar refractivity (Wildman–Crippen MR) is 50.8 cm³/mol. The van der Waals surface area contributed by atoms with Crippen molar-refractivity contribution in [3.8, 4) is 5.75 Å². The number of hydrogen-bond acceptors (Lipinski definition) is 2. The van der Waals surface area contributed by atoms with E-state index < -0.39 is 0 Å². The third-order valence-electron chi connectivity index (χ3n) is 1.75. The van der Waals surface area contributed by atoms with Crippen LogP contribution in [0.15, 0.2) is 30.3 Å². The van der Waals surface area contributed by atoms with Gasteiger partial charge >= 0.3 is 0 Å². The minimum atomic E-state index is 0.305. The first-order valence-electron chi connectivity index (χ1n) is 3.91. The summed E-state index contributed by atoms with van der Waals surface area (Å²) in [4.78, 5) is 0. The first-order valence-corrected chi connectivity index (χ1v) is 3.91. The number of phenols is 1. The normalized spacial score (nSPS) is 11.7. The smallest absolute Gasteiger partial charge is 0.123 e. The zero-order chi connectivity index (χ0) is 8.97. The zero-order valence-corrected chi connectivity index (χ0v) is 7.12. The summed E-state index contributed by atoms with van der Waals surface area (Å²) in [5.41, 5.74) is 7.22. The zero-order valence-electron chi connectivity index (χ0n) is 7.12. The molecule has 0 aromatic heterocycles. The van der Waals surface area contributed by atoms with Gasteiger partial charge in [-0.1, -0.05) is 24.3 Å². The van der Waals surface area contributed by atoms with Gasteiger partial charge in [-0.3, -0.25) is 0 Å². The molecule has 0 saturated heterocycles. The van der Waals surface area contributed by atoms with Crippen molar-refractivity contribution in [3.63, 3.8) is 0 Å². The van der Waals surface area contributed by atoms with Crippen LogP contribution in [0.25, 0.3) is 5.57 Å². The number of hydrogen-bond donors (Lipinski definition) is 2. The van der Waals surface area contributed by atoms with Crippen molar-refractivity contribution in [2.45, 2.75) is 6.92 Å². The molecule has 0 aliphatic heterocycles. The molecule has 2 nitrogen and oxygen atoms in total. The molecule has 0 fully saturated rings. The molecular weight excluding hydrogens is 150 g/mol. The quantitative estimate of drug-likeness (QED) is 0.697. The second-order valence-electron chi connectivity index (χ2n) is 2.64. The number of phenolic OH excluding ortho intramolecular Hbond substituents is 1. The van der Waals surface area contributed by atoms with E-state index in [0.29, 0.717) is 12.3 Å². The van der Waals surface area contributed by atoms with Gasteiger partial charge < -0.3 is 10.8 Å². The van der Waals surface area contributed by atoms with Crippen molar-refractivity contribution in [3.05, 3.63) is 35.9 Å². The molecule has 64 valence electrons. The number of allylic oxidation sites excluding steroid dienone is 1. The van der Waals surface area contributed by atoms with Crippen LogP contribution < -0.4 is 5.73 Å². The maximum Gasteiger partial charge on any atom is 0.123 e. The highest BCUT2D eigenvalue weighted by Gasteiger charge is 1.99. The van der Waals surface area contributed by atoms with Gasteiger partial charge in [-0.15, -0.1) is 0 Å². The van der Waals surface area contributed by atoms with Crippen molar-refractivity contribution in [1.82, 2.24) is 0 Å². The van der Waals surface area contributed by atoms with E-state index in [2.05, 4.69) is 0 Å². The Morgan fingerprint density at radius 1 is 1.50 bits per heavy atom. The van der Waals surface area contributed by atoms with E-state index in [-0.39, 0.29) is 0 Å². The van der Waals surface area contributed by atoms with Gasteiger partial charge in [0, 0.05) is 12.1 Å². The molecule has 0 atom stereocenters. The minimum Gasteiger partial charge on any atom is -0.507 e. The van der Waals surface area contributed by atoms with Gasteiger partial charge in [0.15, 0.2) is 0 Å². The summed E-state index contributed by atoms with van der Waals surface area (Å²) in [5.74, 6) is 0.305. The number of aromatic hydroxyl groups is 1. The molecule has 0 saturated carbocycles. The number of para-hydroxylation sites is 1. The van der Waals surface area contributed by atoms with Gasteiger partial charge in [-0.05, 0) is 18.6 Å². The van der Waals surface area contributed by atoms with E-state index >= 15 is 0 Å². The molecule has 3 N–H and O–H groups in total. The number of benzene rings is 1. The van der Waals surface area contributed by atoms with Gasteiger partial charge in [0.05, 0.1) is 0 Å². The molecule has 0 bridgehead atoms. The van der Waals surface area contributed by atoms with Crippen LogP contribution in [0.1, 0.15) is 12.5 Å². The first kappa shape index (κ1) is 8.81. The summed E-state index contributed by atoms with van der Waals surface area (Å²) in [6, 6.07) is 7.23. The van der Waals surface area contributed by atoms with Gasteiger partial charge in [0.2, 0.25) is 0 Å². The van der Waals surface area contributed by atoms with Crippen molar-refractivity contribution in [2.24, 2.45) is 5.73 Å². The summed E-state index contributed by atoms with van der Waals surface area (Å²) >= 11 is 0. The monoisotopic (exact) mass is 163 g/mol. The lowest BCUT2D eigenvalue weighted by atomic mass is 10.1. The Kier molecular flexibility index (Phi) is 2.88. The molecule has 1 aromatic rings. The summed E-state index contributed by atoms with van der Waals surface area (Å²) in [6.07, 6.45) is 1.88. The maximum absolute atomic E-state index is 9.43. The molecule has 0 radical (unpaired) electrons. The van der Waals surface area contributed by atoms with Crippen LogP contribution in [-0.2, 0) is 0 Å². The third kappa shape index (κ3) is 1.86. The van der Waals surface area contributed by atoms with Crippen LogP contribution in [0.5, 0.6) is 5.75 Å². The maximum atomic E-state index is 9.43. The van der Waals surface area contributed by atoms with Crippen molar-refractivity contribution in [2.75, 3.05) is 6.54 Å². The Hall–Kier alpha value is -1.28. The summed E-state index contributed by atoms with van der Waals surface area (Å²) < 4.78 is 0. The van der Waals surface area contributed by atoms with Crippen LogP contribution in [0.2, 0.25) is 0 Å². The highest BCUT2D eigenvalue weighted by Crippen LogP contribution is 2.23. The predicted octanol–water partition coefficient (Wildman–Crippen LogP) is 1.75. The standard InChI is InChI=1S/C10H13NO/c1-8(6-7-11)9-4-2-3-5-10(9)12/h2-6,12H,7,11H2,1H3. The van der Waals surface area contributed by atoms with Crippen molar-refractivity contribution < 1.29 is 5.11 Å². The lowest BCUT2D eigenvalue weighted by Crippen LogP contribution is -1.94. The van der Waals surface area contributed by atoms with E-state index in [1.807, 2.05) is 25.1 Å². The SMILES string of the molecule is CC(=CCN)c1ccccc1O. The van der Waals surface area contributed by atoms with E-state index in [4.69, 9.17) is 5.73 Å². The largest absolute Gasteiger partial charge is 0.507 e. The van der Waals surface area contributed by atoms with Crippen LogP contribution in [0, 0.1) is 0 Å². The summed E-state index contributed by atoms with van der Waals surface area (Å²) in [6.45, 7) is 2.43. The van der Waals surface area contributed by atoms with Crippen LogP contribution in [0.3, 0.4) is 0 Å². The van der Waals surface area contributed by atoms with E-state index in [0.717, 1.165) is 11.1 Å². The van der Waals surface area contributed by atoms with Crippen molar-refractivity contribution in [1.29, 1.82) is 0 Å². The molecule has 1 aromatic carbocycles. The topological polar surface area (TPSA) is 46.2 Å². The Morgan fingerprint density at radius 2 is 2.17 bits per heavy atom. The van der Waals surface area contributed by atoms with Crippen LogP contribution in [-0.4, -0.2) is 11.7 Å². The Balaban J connectivity index is 3.02. The minimum absolute atomic E-state index is 0.305. The molecule has 0 unspecified atom stereocenters. The number of rotatable bonds is 2. The first-order chi connectivity index (χ1) is 5.75. The van der Waals surface area contributed by atoms with Gasteiger partial charge in [0.1, 0.15) is 5.75 Å². The lowest BCUT2D eigenvalue weighted by Gasteiger charge is -2.03. The highest BCUT2D eigenvalue weighted by atomic mass is 16.3. The fraction of sp³-hybridized carbons (Fsp3) is 0.200. The third-order valence-corrected chi connectivity index (χ3v) is 1.75. The summed E-state index contributed by atoms with van der Waals surface area (Å²) in [7, 11) is 0. The molecule has 1 rings (SSSR count). The Bertz CT molecular complexity index is 292. The number of nitrogens with two attached hydrogens (primary N) is 1. The highest BCUT2D eigenvalue weighted by molar-refractivity contribution is 5.68. The van der Waals surface area contributed by atoms with Crippen LogP contribution in [0.4, 0.5) is 0 Å². The van der Waals surface area contributed by atoms with Crippen molar-refractivity contribution >= 4 is 5.57 Å². The molecule has 2 heteroatoms. The van der Waals surface area contributed by atoms with E-state index in [1.165, 1.54) is 0 Å². The molecule has 0 aliphatic rings. The molecule has 12 heavy (non-hydrogen) atoms. The fourth-order valence-corrected chi connectivity index (χ4v) is 1.09. The average Bonchev–Trinajstić information content (AvgIpc) is 2.05. The molecule has 0 aliphatic carbocycles. The second-order valence-corrected chi connectivity index (χ2v) is 2.64. The average molecular weight is 163 g/mol. The Morgan fingerprint density at radius 3 is 2.75 bits per heavy atom. The summed E-state index contributed by atoms with van der Waals surface area (Å²) in [5, 5.41) is 9.43. The molecular formula is C10H13NO. The van der Waals surface area contributed by atoms with Crippen LogP contribution >= 0.6 is 0 Å². The molecule has 0 spiro atoms. The fourth-order valence-electron chi connectivity index (χ4n) is 1.09. The second kappa shape index (κ2) is 3.93. The Labute approximate surface area is 72.3 Å². The lowest BCUT2D eigenvalue weighted by molar-refractivity contribution is 0.473.